The van der Waals surface area contributed by atoms with Crippen LogP contribution in [0.25, 0.3) is 0 Å². The first-order valence-electron chi connectivity index (χ1n) is 7.24. The first-order valence-corrected chi connectivity index (χ1v) is 8.12. The zero-order valence-electron chi connectivity index (χ0n) is 12.4. The van der Waals surface area contributed by atoms with E-state index >= 15 is 0 Å². The summed E-state index contributed by atoms with van der Waals surface area (Å²) in [6.45, 7) is 7.29. The van der Waals surface area contributed by atoms with Gasteiger partial charge in [0.15, 0.2) is 0 Å². The van der Waals surface area contributed by atoms with E-state index in [1.807, 2.05) is 11.3 Å². The van der Waals surface area contributed by atoms with E-state index in [1.54, 1.807) is 0 Å². The van der Waals surface area contributed by atoms with Gasteiger partial charge in [0.25, 0.3) is 0 Å². The lowest BCUT2D eigenvalue weighted by atomic mass is 10.1. The Morgan fingerprint density at radius 3 is 2.55 bits per heavy atom. The van der Waals surface area contributed by atoms with Gasteiger partial charge in [-0.15, -0.1) is 11.3 Å². The molecule has 0 bridgehead atoms. The third kappa shape index (κ3) is 3.92. The molecule has 1 heterocycles. The topological polar surface area (TPSA) is 29.3 Å². The highest BCUT2D eigenvalue weighted by atomic mass is 32.1. The molecule has 0 aliphatic heterocycles. The van der Waals surface area contributed by atoms with Gasteiger partial charge in [-0.2, -0.15) is 0 Å². The molecule has 0 amide bonds. The van der Waals surface area contributed by atoms with Crippen LogP contribution >= 0.6 is 11.3 Å². The number of nitrogens with zero attached hydrogens (tertiary/aromatic N) is 1. The molecule has 0 saturated heterocycles. The van der Waals surface area contributed by atoms with Crippen LogP contribution in [-0.2, 0) is 6.54 Å². The lowest BCUT2D eigenvalue weighted by Crippen LogP contribution is -2.29. The van der Waals surface area contributed by atoms with Crippen molar-refractivity contribution in [3.8, 4) is 0 Å². The second-order valence-electron chi connectivity index (χ2n) is 5.24. The summed E-state index contributed by atoms with van der Waals surface area (Å²) in [7, 11) is 0. The Kier molecular flexibility index (Phi) is 5.77. The van der Waals surface area contributed by atoms with E-state index in [-0.39, 0.29) is 0 Å². The fourth-order valence-electron chi connectivity index (χ4n) is 2.50. The minimum absolute atomic E-state index is 0.446. The van der Waals surface area contributed by atoms with Gasteiger partial charge in [0.2, 0.25) is 0 Å². The SMILES string of the molecule is Cc1ccsc1C(C)N(CCCN)Cc1ccccc1. The fraction of sp³-hybridized carbons (Fsp3) is 0.412. The van der Waals surface area contributed by atoms with Gasteiger partial charge in [0.1, 0.15) is 0 Å². The van der Waals surface area contributed by atoms with Gasteiger partial charge in [-0.05, 0) is 49.4 Å². The highest BCUT2D eigenvalue weighted by molar-refractivity contribution is 7.10. The maximum Gasteiger partial charge on any atom is 0.0419 e. The third-order valence-corrected chi connectivity index (χ3v) is 4.90. The minimum Gasteiger partial charge on any atom is -0.330 e. The van der Waals surface area contributed by atoms with E-state index in [0.29, 0.717) is 6.04 Å². The Morgan fingerprint density at radius 1 is 1.20 bits per heavy atom. The number of rotatable bonds is 7. The van der Waals surface area contributed by atoms with Crippen molar-refractivity contribution in [2.45, 2.75) is 32.9 Å². The van der Waals surface area contributed by atoms with Crippen molar-refractivity contribution in [2.75, 3.05) is 13.1 Å². The number of hydrogen-bond acceptors (Lipinski definition) is 3. The standard InChI is InChI=1S/C17H24N2S/c1-14-9-12-20-17(14)15(2)19(11-6-10-18)13-16-7-4-3-5-8-16/h3-5,7-9,12,15H,6,10-11,13,18H2,1-2H3. The van der Waals surface area contributed by atoms with Crippen LogP contribution in [0.3, 0.4) is 0 Å². The molecular weight excluding hydrogens is 264 g/mol. The summed E-state index contributed by atoms with van der Waals surface area (Å²) in [5.74, 6) is 0. The zero-order valence-corrected chi connectivity index (χ0v) is 13.2. The van der Waals surface area contributed by atoms with E-state index < -0.39 is 0 Å². The quantitative estimate of drug-likeness (QED) is 0.835. The summed E-state index contributed by atoms with van der Waals surface area (Å²) in [6, 6.07) is 13.3. The van der Waals surface area contributed by atoms with Crippen LogP contribution in [0.2, 0.25) is 0 Å². The highest BCUT2D eigenvalue weighted by Crippen LogP contribution is 2.29. The molecule has 1 aromatic carbocycles. The lowest BCUT2D eigenvalue weighted by Gasteiger charge is -2.29. The molecule has 2 nitrogen and oxygen atoms in total. The van der Waals surface area contributed by atoms with E-state index in [0.717, 1.165) is 26.1 Å². The number of aryl methyl sites for hydroxylation is 1. The summed E-state index contributed by atoms with van der Waals surface area (Å²) in [4.78, 5) is 4.00. The number of nitrogens with two attached hydrogens (primary N) is 1. The monoisotopic (exact) mass is 288 g/mol. The van der Waals surface area contributed by atoms with Crippen molar-refractivity contribution < 1.29 is 0 Å². The Morgan fingerprint density at radius 2 is 1.95 bits per heavy atom. The summed E-state index contributed by atoms with van der Waals surface area (Å²) in [5, 5.41) is 2.19. The normalized spacial score (nSPS) is 12.8. The average molecular weight is 288 g/mol. The van der Waals surface area contributed by atoms with Crippen molar-refractivity contribution in [3.05, 3.63) is 57.8 Å². The molecule has 0 fully saturated rings. The number of thiophene rings is 1. The molecule has 0 radical (unpaired) electrons. The Hall–Kier alpha value is -1.16. The summed E-state index contributed by atoms with van der Waals surface area (Å²) >= 11 is 1.86. The van der Waals surface area contributed by atoms with Crippen LogP contribution in [-0.4, -0.2) is 18.0 Å². The molecular formula is C17H24N2S. The molecule has 2 N–H and O–H groups in total. The van der Waals surface area contributed by atoms with Crippen LogP contribution < -0.4 is 5.73 Å². The van der Waals surface area contributed by atoms with Crippen LogP contribution in [0.5, 0.6) is 0 Å². The smallest absolute Gasteiger partial charge is 0.0419 e. The van der Waals surface area contributed by atoms with Gasteiger partial charge < -0.3 is 5.73 Å². The largest absolute Gasteiger partial charge is 0.330 e. The van der Waals surface area contributed by atoms with Crippen molar-refractivity contribution in [1.29, 1.82) is 0 Å². The summed E-state index contributed by atoms with van der Waals surface area (Å²) in [6.07, 6.45) is 1.04. The molecule has 1 unspecified atom stereocenters. The van der Waals surface area contributed by atoms with E-state index in [2.05, 4.69) is 60.5 Å². The van der Waals surface area contributed by atoms with E-state index in [4.69, 9.17) is 5.73 Å². The van der Waals surface area contributed by atoms with E-state index in [9.17, 15) is 0 Å². The van der Waals surface area contributed by atoms with Crippen molar-refractivity contribution in [1.82, 2.24) is 4.90 Å². The molecule has 0 aliphatic carbocycles. The van der Waals surface area contributed by atoms with Crippen LogP contribution in [0.4, 0.5) is 0 Å². The van der Waals surface area contributed by atoms with Gasteiger partial charge in [-0.25, -0.2) is 0 Å². The molecule has 0 aliphatic rings. The molecule has 1 aromatic heterocycles. The van der Waals surface area contributed by atoms with Gasteiger partial charge in [-0.3, -0.25) is 4.90 Å². The van der Waals surface area contributed by atoms with Gasteiger partial charge in [0, 0.05) is 24.0 Å². The van der Waals surface area contributed by atoms with Gasteiger partial charge in [-0.1, -0.05) is 30.3 Å². The summed E-state index contributed by atoms with van der Waals surface area (Å²) < 4.78 is 0. The van der Waals surface area contributed by atoms with Crippen molar-refractivity contribution >= 4 is 11.3 Å². The van der Waals surface area contributed by atoms with E-state index in [1.165, 1.54) is 16.0 Å². The second-order valence-corrected chi connectivity index (χ2v) is 6.19. The first-order chi connectivity index (χ1) is 9.72. The predicted molar refractivity (Wildman–Crippen MR) is 88.0 cm³/mol. The minimum atomic E-state index is 0.446. The molecule has 3 heteroatoms. The molecule has 1 atom stereocenters. The molecule has 0 saturated carbocycles. The van der Waals surface area contributed by atoms with Gasteiger partial charge >= 0.3 is 0 Å². The molecule has 20 heavy (non-hydrogen) atoms. The van der Waals surface area contributed by atoms with Crippen LogP contribution in [0, 0.1) is 6.92 Å². The third-order valence-electron chi connectivity index (χ3n) is 3.71. The van der Waals surface area contributed by atoms with Crippen molar-refractivity contribution in [2.24, 2.45) is 5.73 Å². The summed E-state index contributed by atoms with van der Waals surface area (Å²) in [5.41, 5.74) is 8.46. The van der Waals surface area contributed by atoms with Crippen LogP contribution in [0.1, 0.15) is 35.4 Å². The molecule has 2 rings (SSSR count). The lowest BCUT2D eigenvalue weighted by molar-refractivity contribution is 0.202. The van der Waals surface area contributed by atoms with Crippen molar-refractivity contribution in [3.63, 3.8) is 0 Å². The number of benzene rings is 1. The molecule has 0 spiro atoms. The van der Waals surface area contributed by atoms with Gasteiger partial charge in [0.05, 0.1) is 0 Å². The fourth-order valence-corrected chi connectivity index (χ4v) is 3.52. The molecule has 108 valence electrons. The maximum absolute atomic E-state index is 5.69. The molecule has 2 aromatic rings. The Labute approximate surface area is 126 Å². The van der Waals surface area contributed by atoms with Crippen LogP contribution in [0.15, 0.2) is 41.8 Å². The Bertz CT molecular complexity index is 507. The first kappa shape index (κ1) is 15.2. The number of hydrogen-bond donors (Lipinski definition) is 1. The predicted octanol–water partition coefficient (Wildman–Crippen LogP) is 3.97. The Balaban J connectivity index is 2.12. The zero-order chi connectivity index (χ0) is 14.4. The second kappa shape index (κ2) is 7.58. The highest BCUT2D eigenvalue weighted by Gasteiger charge is 2.18. The average Bonchev–Trinajstić information content (AvgIpc) is 2.90. The maximum atomic E-state index is 5.69.